The van der Waals surface area contributed by atoms with Crippen LogP contribution in [0.25, 0.3) is 28.0 Å². The number of carbonyl (C=O) groups is 2. The zero-order chi connectivity index (χ0) is 24.5. The summed E-state index contributed by atoms with van der Waals surface area (Å²) in [5, 5.41) is 19.8. The second-order valence-corrected chi connectivity index (χ2v) is 8.72. The van der Waals surface area contributed by atoms with Crippen molar-refractivity contribution in [2.24, 2.45) is 5.92 Å². The number of rotatable bonds is 5. The van der Waals surface area contributed by atoms with Gasteiger partial charge in [0.15, 0.2) is 5.65 Å². The smallest absolute Gasteiger partial charge is 0.270 e. The number of carbonyl (C=O) groups excluding carboxylic acids is 2. The van der Waals surface area contributed by atoms with Gasteiger partial charge in [0, 0.05) is 48.6 Å². The maximum Gasteiger partial charge on any atom is 0.270 e. The van der Waals surface area contributed by atoms with Gasteiger partial charge in [-0.1, -0.05) is 12.1 Å². The number of aromatic nitrogens is 4. The van der Waals surface area contributed by atoms with E-state index in [9.17, 15) is 14.9 Å². The van der Waals surface area contributed by atoms with Crippen molar-refractivity contribution in [2.75, 3.05) is 13.1 Å². The molecular formula is C26H23N7O2. The van der Waals surface area contributed by atoms with Gasteiger partial charge in [-0.25, -0.2) is 9.50 Å². The van der Waals surface area contributed by atoms with Crippen molar-refractivity contribution in [1.82, 2.24) is 30.2 Å². The number of pyridine rings is 1. The molecule has 1 aliphatic heterocycles. The van der Waals surface area contributed by atoms with Crippen LogP contribution in [0.1, 0.15) is 33.9 Å². The number of nitrogens with one attached hydrogen (secondary N) is 2. The van der Waals surface area contributed by atoms with Gasteiger partial charge < -0.3 is 10.6 Å². The van der Waals surface area contributed by atoms with Crippen LogP contribution in [-0.4, -0.2) is 44.5 Å². The van der Waals surface area contributed by atoms with E-state index in [1.54, 1.807) is 28.9 Å². The molecule has 2 amide bonds. The summed E-state index contributed by atoms with van der Waals surface area (Å²) < 4.78 is 1.64. The van der Waals surface area contributed by atoms with E-state index in [4.69, 9.17) is 5.10 Å². The molecule has 1 aliphatic rings. The number of benzene rings is 1. The molecule has 174 valence electrons. The molecule has 0 radical (unpaired) electrons. The number of nitriles is 1. The van der Waals surface area contributed by atoms with Gasteiger partial charge in [0.2, 0.25) is 5.91 Å². The summed E-state index contributed by atoms with van der Waals surface area (Å²) in [6.45, 7) is 4.80. The fraction of sp³-hybridized carbons (Fsp3) is 0.231. The molecule has 9 nitrogen and oxygen atoms in total. The van der Waals surface area contributed by atoms with Crippen molar-refractivity contribution < 1.29 is 9.59 Å². The highest BCUT2D eigenvalue weighted by Gasteiger charge is 2.23. The number of fused-ring (bicyclic) bond motifs is 1. The quantitative estimate of drug-likeness (QED) is 0.467. The lowest BCUT2D eigenvalue weighted by Crippen LogP contribution is -2.30. The molecule has 0 saturated carbocycles. The van der Waals surface area contributed by atoms with Crippen LogP contribution in [0.3, 0.4) is 0 Å². The first-order valence-corrected chi connectivity index (χ1v) is 11.3. The van der Waals surface area contributed by atoms with E-state index in [-0.39, 0.29) is 23.4 Å². The van der Waals surface area contributed by atoms with Crippen LogP contribution in [0, 0.1) is 31.1 Å². The molecule has 4 aromatic rings. The first-order valence-electron chi connectivity index (χ1n) is 11.3. The van der Waals surface area contributed by atoms with Gasteiger partial charge in [-0.05, 0) is 49.7 Å². The van der Waals surface area contributed by atoms with Gasteiger partial charge in [-0.15, -0.1) is 0 Å². The number of hydrogen-bond donors (Lipinski definition) is 2. The normalized spacial score (nSPS) is 15.1. The second-order valence-electron chi connectivity index (χ2n) is 8.72. The zero-order valence-electron chi connectivity index (χ0n) is 19.4. The molecule has 2 N–H and O–H groups in total. The predicted molar refractivity (Wildman–Crippen MR) is 129 cm³/mol. The summed E-state index contributed by atoms with van der Waals surface area (Å²) in [7, 11) is 0. The van der Waals surface area contributed by atoms with Crippen molar-refractivity contribution in [3.8, 4) is 28.5 Å². The van der Waals surface area contributed by atoms with Crippen LogP contribution >= 0.6 is 0 Å². The average Bonchev–Trinajstić information content (AvgIpc) is 3.44. The predicted octanol–water partition coefficient (Wildman–Crippen LogP) is 2.81. The Hall–Kier alpha value is -4.58. The summed E-state index contributed by atoms with van der Waals surface area (Å²) in [6, 6.07) is 15.0. The molecule has 1 aromatic carbocycles. The lowest BCUT2D eigenvalue weighted by atomic mass is 9.99. The van der Waals surface area contributed by atoms with E-state index in [1.165, 1.54) is 0 Å². The molecule has 0 spiro atoms. The first-order chi connectivity index (χ1) is 16.9. The molecule has 9 heteroatoms. The molecule has 0 aliphatic carbocycles. The Bertz CT molecular complexity index is 1500. The SMILES string of the molecule is Cc1cc(-c2c(-c3cccc(C#N)c3)nn3ccc(C(=O)NC[C@@H]4CNC(=O)C4)nc23)cc(C)n1. The fourth-order valence-electron chi connectivity index (χ4n) is 4.38. The summed E-state index contributed by atoms with van der Waals surface area (Å²) in [6.07, 6.45) is 2.12. The van der Waals surface area contributed by atoms with Crippen LogP contribution < -0.4 is 10.6 Å². The molecule has 1 fully saturated rings. The minimum absolute atomic E-state index is 0.00336. The summed E-state index contributed by atoms with van der Waals surface area (Å²) in [4.78, 5) is 33.5. The van der Waals surface area contributed by atoms with Gasteiger partial charge in [-0.2, -0.15) is 10.4 Å². The average molecular weight is 466 g/mol. The Kier molecular flexibility index (Phi) is 5.71. The Morgan fingerprint density at radius 3 is 2.69 bits per heavy atom. The summed E-state index contributed by atoms with van der Waals surface area (Å²) >= 11 is 0. The van der Waals surface area contributed by atoms with Crippen molar-refractivity contribution >= 4 is 17.5 Å². The molecule has 5 rings (SSSR count). The van der Waals surface area contributed by atoms with E-state index < -0.39 is 0 Å². The second kappa shape index (κ2) is 8.99. The van der Waals surface area contributed by atoms with Crippen LogP contribution in [0.5, 0.6) is 0 Å². The van der Waals surface area contributed by atoms with Gasteiger partial charge in [0.05, 0.1) is 17.2 Å². The largest absolute Gasteiger partial charge is 0.356 e. The highest BCUT2D eigenvalue weighted by atomic mass is 16.2. The van der Waals surface area contributed by atoms with Crippen molar-refractivity contribution in [3.05, 3.63) is 71.3 Å². The van der Waals surface area contributed by atoms with E-state index >= 15 is 0 Å². The summed E-state index contributed by atoms with van der Waals surface area (Å²) in [5.41, 5.74) is 6.09. The zero-order valence-corrected chi connectivity index (χ0v) is 19.4. The Labute approximate surface area is 201 Å². The third kappa shape index (κ3) is 4.46. The topological polar surface area (TPSA) is 125 Å². The Morgan fingerprint density at radius 2 is 1.97 bits per heavy atom. The minimum atomic E-state index is -0.311. The molecule has 1 atom stereocenters. The molecular weight excluding hydrogens is 442 g/mol. The molecule has 35 heavy (non-hydrogen) atoms. The van der Waals surface area contributed by atoms with E-state index in [0.29, 0.717) is 36.4 Å². The van der Waals surface area contributed by atoms with E-state index in [2.05, 4.69) is 26.7 Å². The number of amides is 2. The highest BCUT2D eigenvalue weighted by Crippen LogP contribution is 2.35. The summed E-state index contributed by atoms with van der Waals surface area (Å²) in [5.74, 6) is -0.236. The molecule has 1 saturated heterocycles. The third-order valence-electron chi connectivity index (χ3n) is 5.97. The van der Waals surface area contributed by atoms with Gasteiger partial charge in [0.1, 0.15) is 11.4 Å². The monoisotopic (exact) mass is 465 g/mol. The maximum atomic E-state index is 12.9. The van der Waals surface area contributed by atoms with E-state index in [1.807, 2.05) is 38.1 Å². The maximum absolute atomic E-state index is 12.9. The van der Waals surface area contributed by atoms with E-state index in [0.717, 1.165) is 28.1 Å². The third-order valence-corrected chi connectivity index (χ3v) is 5.97. The standard InChI is InChI=1S/C26H23N7O2/c1-15-8-20(9-16(2)30-15)23-24(19-5-3-4-17(10-19)12-27)32-33-7-6-21(31-25(23)33)26(35)29-14-18-11-22(34)28-13-18/h3-10,18H,11,13-14H2,1-2H3,(H,28,34)(H,29,35)/t18-/m0/s1. The van der Waals surface area contributed by atoms with Crippen LogP contribution in [-0.2, 0) is 4.79 Å². The van der Waals surface area contributed by atoms with Crippen molar-refractivity contribution in [3.63, 3.8) is 0 Å². The van der Waals surface area contributed by atoms with Crippen LogP contribution in [0.2, 0.25) is 0 Å². The van der Waals surface area contributed by atoms with Crippen LogP contribution in [0.4, 0.5) is 0 Å². The van der Waals surface area contributed by atoms with Crippen molar-refractivity contribution in [2.45, 2.75) is 20.3 Å². The number of aryl methyl sites for hydroxylation is 2. The van der Waals surface area contributed by atoms with Gasteiger partial charge >= 0.3 is 0 Å². The molecule has 3 aromatic heterocycles. The molecule has 0 bridgehead atoms. The number of hydrogen-bond acceptors (Lipinski definition) is 6. The number of nitrogens with zero attached hydrogens (tertiary/aromatic N) is 5. The fourth-order valence-corrected chi connectivity index (χ4v) is 4.38. The molecule has 0 unspecified atom stereocenters. The van der Waals surface area contributed by atoms with Crippen molar-refractivity contribution in [1.29, 1.82) is 5.26 Å². The lowest BCUT2D eigenvalue weighted by molar-refractivity contribution is -0.119. The molecule has 4 heterocycles. The first kappa shape index (κ1) is 22.2. The van der Waals surface area contributed by atoms with Gasteiger partial charge in [0.25, 0.3) is 5.91 Å². The van der Waals surface area contributed by atoms with Crippen LogP contribution in [0.15, 0.2) is 48.7 Å². The lowest BCUT2D eigenvalue weighted by Gasteiger charge is -2.09. The minimum Gasteiger partial charge on any atom is -0.356 e. The Morgan fingerprint density at radius 1 is 1.17 bits per heavy atom. The highest BCUT2D eigenvalue weighted by molar-refractivity contribution is 5.95. The van der Waals surface area contributed by atoms with Gasteiger partial charge in [-0.3, -0.25) is 14.6 Å². The Balaban J connectivity index is 1.60.